The van der Waals surface area contributed by atoms with Crippen LogP contribution in [0.3, 0.4) is 0 Å². The van der Waals surface area contributed by atoms with Crippen molar-refractivity contribution in [2.45, 2.75) is 0 Å². The van der Waals surface area contributed by atoms with Crippen LogP contribution >= 0.6 is 27.3 Å². The predicted molar refractivity (Wildman–Crippen MR) is 109 cm³/mol. The number of hydrogen-bond acceptors (Lipinski definition) is 5. The van der Waals surface area contributed by atoms with Crippen molar-refractivity contribution in [3.63, 3.8) is 0 Å². The number of amides is 1. The molecule has 0 aliphatic rings. The maximum absolute atomic E-state index is 12.6. The lowest BCUT2D eigenvalue weighted by molar-refractivity contribution is 0.102. The molecule has 7 nitrogen and oxygen atoms in total. The summed E-state index contributed by atoms with van der Waals surface area (Å²) in [5.74, 6) is -0.510. The Morgan fingerprint density at radius 2 is 2.00 bits per heavy atom. The van der Waals surface area contributed by atoms with Crippen molar-refractivity contribution in [2.75, 3.05) is 10.0 Å². The highest BCUT2D eigenvalue weighted by molar-refractivity contribution is 9.10. The van der Waals surface area contributed by atoms with Crippen LogP contribution in [0.4, 0.5) is 10.8 Å². The van der Waals surface area contributed by atoms with Crippen LogP contribution in [0.15, 0.2) is 52.3 Å². The van der Waals surface area contributed by atoms with Gasteiger partial charge in [0, 0.05) is 15.4 Å². The van der Waals surface area contributed by atoms with Gasteiger partial charge in [0.05, 0.1) is 28.6 Å². The summed E-state index contributed by atoms with van der Waals surface area (Å²) in [7, 11) is 0. The molecule has 1 unspecified atom stereocenters. The van der Waals surface area contributed by atoms with Crippen LogP contribution in [0.2, 0.25) is 0 Å². The number of thiazole rings is 1. The first-order chi connectivity index (χ1) is 13.0. The number of nitrogens with one attached hydrogen (secondary N) is 2. The summed E-state index contributed by atoms with van der Waals surface area (Å²) in [5, 5.41) is 13.8. The molecule has 3 aromatic rings. The number of aromatic nitrogens is 1. The van der Waals surface area contributed by atoms with E-state index in [0.717, 1.165) is 15.7 Å². The van der Waals surface area contributed by atoms with Crippen LogP contribution in [-0.2, 0) is 11.3 Å². The molecule has 0 aliphatic heterocycles. The average Bonchev–Trinajstić information content (AvgIpc) is 3.10. The molecule has 136 valence electrons. The van der Waals surface area contributed by atoms with E-state index in [1.54, 1.807) is 0 Å². The van der Waals surface area contributed by atoms with Crippen LogP contribution < -0.4 is 10.0 Å². The van der Waals surface area contributed by atoms with Gasteiger partial charge in [0.1, 0.15) is 0 Å². The molecule has 0 radical (unpaired) electrons. The molecular formula is C17H11BrN4O3S2. The highest BCUT2D eigenvalue weighted by atomic mass is 79.9. The molecule has 1 amide bonds. The quantitative estimate of drug-likeness (QED) is 0.490. The van der Waals surface area contributed by atoms with E-state index >= 15 is 0 Å². The number of hydrogen-bond donors (Lipinski definition) is 3. The van der Waals surface area contributed by atoms with E-state index in [1.165, 1.54) is 29.5 Å². The number of anilines is 2. The minimum absolute atomic E-state index is 0.0806. The number of carbonyl (C=O) groups excluding carboxylic acids is 1. The predicted octanol–water partition coefficient (Wildman–Crippen LogP) is 4.25. The molecule has 0 saturated heterocycles. The number of benzene rings is 2. The fourth-order valence-corrected chi connectivity index (χ4v) is 3.58. The van der Waals surface area contributed by atoms with E-state index in [-0.39, 0.29) is 16.8 Å². The molecule has 0 aliphatic carbocycles. The SMILES string of the molecule is N#Cc1ccc(C(=O)Nc2nc(-c3ccc(Br)cc3)cs2)c(NS(=O)O)c1. The highest BCUT2D eigenvalue weighted by Crippen LogP contribution is 2.27. The van der Waals surface area contributed by atoms with Gasteiger partial charge in [-0.25, -0.2) is 9.19 Å². The van der Waals surface area contributed by atoms with Crippen molar-refractivity contribution in [3.8, 4) is 17.3 Å². The Labute approximate surface area is 169 Å². The Balaban J connectivity index is 1.83. The molecule has 1 aromatic heterocycles. The van der Waals surface area contributed by atoms with Crippen LogP contribution in [0, 0.1) is 11.3 Å². The van der Waals surface area contributed by atoms with Crippen molar-refractivity contribution < 1.29 is 13.6 Å². The summed E-state index contributed by atoms with van der Waals surface area (Å²) in [4.78, 5) is 16.9. The lowest BCUT2D eigenvalue weighted by Crippen LogP contribution is -2.15. The maximum atomic E-state index is 12.6. The second-order valence-corrected chi connectivity index (χ2v) is 7.70. The van der Waals surface area contributed by atoms with Gasteiger partial charge in [-0.05, 0) is 30.3 Å². The Bertz CT molecular complexity index is 1060. The van der Waals surface area contributed by atoms with Crippen molar-refractivity contribution in [3.05, 3.63) is 63.4 Å². The van der Waals surface area contributed by atoms with Gasteiger partial charge in [-0.1, -0.05) is 28.1 Å². The Hall–Kier alpha value is -2.58. The molecule has 0 spiro atoms. The minimum Gasteiger partial charge on any atom is -0.298 e. The number of carbonyl (C=O) groups is 1. The third kappa shape index (κ3) is 4.78. The highest BCUT2D eigenvalue weighted by Gasteiger charge is 2.15. The van der Waals surface area contributed by atoms with Gasteiger partial charge in [0.15, 0.2) is 5.13 Å². The van der Waals surface area contributed by atoms with E-state index in [2.05, 4.69) is 31.0 Å². The van der Waals surface area contributed by atoms with Gasteiger partial charge in [0.2, 0.25) is 0 Å². The van der Waals surface area contributed by atoms with Crippen LogP contribution in [0.5, 0.6) is 0 Å². The summed E-state index contributed by atoms with van der Waals surface area (Å²) in [6.45, 7) is 0. The molecule has 0 bridgehead atoms. The normalized spacial score (nSPS) is 11.4. The molecule has 0 saturated carbocycles. The largest absolute Gasteiger partial charge is 0.298 e. The molecule has 1 atom stereocenters. The molecule has 3 rings (SSSR count). The van der Waals surface area contributed by atoms with Crippen LogP contribution in [0.1, 0.15) is 15.9 Å². The van der Waals surface area contributed by atoms with Crippen molar-refractivity contribution in [1.29, 1.82) is 5.26 Å². The van der Waals surface area contributed by atoms with Gasteiger partial charge < -0.3 is 0 Å². The van der Waals surface area contributed by atoms with E-state index in [1.807, 2.05) is 35.7 Å². The Morgan fingerprint density at radius 3 is 2.67 bits per heavy atom. The summed E-state index contributed by atoms with van der Waals surface area (Å²) in [5.41, 5.74) is 2.09. The molecule has 0 fully saturated rings. The first-order valence-electron chi connectivity index (χ1n) is 7.41. The fourth-order valence-electron chi connectivity index (χ4n) is 2.24. The van der Waals surface area contributed by atoms with Crippen molar-refractivity contribution in [1.82, 2.24) is 4.98 Å². The number of nitrogens with zero attached hydrogens (tertiary/aromatic N) is 2. The summed E-state index contributed by atoms with van der Waals surface area (Å²) < 4.78 is 23.3. The topological polar surface area (TPSA) is 115 Å². The minimum atomic E-state index is -2.38. The zero-order chi connectivity index (χ0) is 19.4. The summed E-state index contributed by atoms with van der Waals surface area (Å²) in [6.07, 6.45) is 0. The standard InChI is InChI=1S/C17H11BrN4O3S2/c18-12-4-2-11(3-5-12)15-9-26-17(20-15)21-16(23)13-6-1-10(8-19)7-14(13)22-27(24)25/h1-7,9,22H,(H,24,25)(H,20,21,23). The van der Waals surface area contributed by atoms with E-state index in [4.69, 9.17) is 9.81 Å². The number of rotatable bonds is 5. The van der Waals surface area contributed by atoms with Gasteiger partial charge in [-0.2, -0.15) is 5.26 Å². The molecule has 2 aromatic carbocycles. The zero-order valence-electron chi connectivity index (χ0n) is 13.5. The summed E-state index contributed by atoms with van der Waals surface area (Å²) >= 11 is 2.26. The second-order valence-electron chi connectivity index (χ2n) is 5.22. The van der Waals surface area contributed by atoms with Crippen molar-refractivity contribution >= 4 is 55.3 Å². The van der Waals surface area contributed by atoms with Gasteiger partial charge in [0.25, 0.3) is 17.2 Å². The van der Waals surface area contributed by atoms with Gasteiger partial charge in [-0.15, -0.1) is 11.3 Å². The number of nitriles is 1. The lowest BCUT2D eigenvalue weighted by Gasteiger charge is -2.09. The van der Waals surface area contributed by atoms with Crippen LogP contribution in [0.25, 0.3) is 11.3 Å². The lowest BCUT2D eigenvalue weighted by atomic mass is 10.1. The molecule has 3 N–H and O–H groups in total. The van der Waals surface area contributed by atoms with Gasteiger partial charge >= 0.3 is 0 Å². The number of halogens is 1. The second kappa shape index (κ2) is 8.41. The third-order valence-corrected chi connectivity index (χ3v) is 5.14. The summed E-state index contributed by atoms with van der Waals surface area (Å²) in [6, 6.07) is 13.7. The smallest absolute Gasteiger partial charge is 0.259 e. The third-order valence-electron chi connectivity index (χ3n) is 3.46. The first-order valence-corrected chi connectivity index (χ1v) is 10.2. The molecule has 10 heteroatoms. The zero-order valence-corrected chi connectivity index (χ0v) is 16.7. The fraction of sp³-hybridized carbons (Fsp3) is 0. The van der Waals surface area contributed by atoms with Gasteiger partial charge in [-0.3, -0.25) is 19.4 Å². The van der Waals surface area contributed by atoms with E-state index < -0.39 is 17.2 Å². The molecular weight excluding hydrogens is 452 g/mol. The van der Waals surface area contributed by atoms with E-state index in [0.29, 0.717) is 5.13 Å². The Morgan fingerprint density at radius 1 is 1.26 bits per heavy atom. The van der Waals surface area contributed by atoms with Crippen molar-refractivity contribution in [2.24, 2.45) is 0 Å². The Kier molecular flexibility index (Phi) is 5.98. The first kappa shape index (κ1) is 19.2. The average molecular weight is 463 g/mol. The maximum Gasteiger partial charge on any atom is 0.259 e. The monoisotopic (exact) mass is 462 g/mol. The molecule has 1 heterocycles. The van der Waals surface area contributed by atoms with Crippen LogP contribution in [-0.4, -0.2) is 19.7 Å². The molecule has 27 heavy (non-hydrogen) atoms. The van der Waals surface area contributed by atoms with E-state index in [9.17, 15) is 9.00 Å².